The number of rotatable bonds is 6. The predicted octanol–water partition coefficient (Wildman–Crippen LogP) is 3.78. The van der Waals surface area contributed by atoms with Crippen LogP contribution in [0, 0.1) is 5.92 Å². The van der Waals surface area contributed by atoms with Crippen LogP contribution in [0.15, 0.2) is 41.8 Å². The van der Waals surface area contributed by atoms with Crippen LogP contribution < -0.4 is 11.1 Å². The number of nitrogens with one attached hydrogen (secondary N) is 1. The van der Waals surface area contributed by atoms with Gasteiger partial charge < -0.3 is 11.1 Å². The van der Waals surface area contributed by atoms with E-state index in [9.17, 15) is 4.79 Å². The highest BCUT2D eigenvalue weighted by atomic mass is 32.1. The molecule has 3 N–H and O–H groups in total. The zero-order valence-electron chi connectivity index (χ0n) is 12.5. The van der Waals surface area contributed by atoms with Gasteiger partial charge in [-0.1, -0.05) is 32.0 Å². The zero-order valence-corrected chi connectivity index (χ0v) is 13.3. The number of anilines is 1. The molecule has 0 saturated heterocycles. The first-order valence-corrected chi connectivity index (χ1v) is 8.11. The number of nitrogens with two attached hydrogens (primary N) is 1. The lowest BCUT2D eigenvalue weighted by Crippen LogP contribution is -2.31. The Bertz CT molecular complexity index is 578. The van der Waals surface area contributed by atoms with E-state index >= 15 is 0 Å². The molecule has 0 spiro atoms. The van der Waals surface area contributed by atoms with Crippen molar-refractivity contribution in [3.05, 3.63) is 52.2 Å². The highest BCUT2D eigenvalue weighted by Crippen LogP contribution is 2.25. The molecule has 2 rings (SSSR count). The van der Waals surface area contributed by atoms with Crippen molar-refractivity contribution in [3.63, 3.8) is 0 Å². The summed E-state index contributed by atoms with van der Waals surface area (Å²) in [5, 5.41) is 5.19. The molecule has 3 nitrogen and oxygen atoms in total. The topological polar surface area (TPSA) is 55.1 Å². The van der Waals surface area contributed by atoms with Crippen LogP contribution in [0.3, 0.4) is 0 Å². The molecule has 1 amide bonds. The summed E-state index contributed by atoms with van der Waals surface area (Å²) in [5.41, 5.74) is 7.59. The molecule has 1 unspecified atom stereocenters. The van der Waals surface area contributed by atoms with E-state index in [4.69, 9.17) is 5.73 Å². The van der Waals surface area contributed by atoms with Crippen LogP contribution in [0.2, 0.25) is 0 Å². The molecule has 112 valence electrons. The van der Waals surface area contributed by atoms with E-state index in [1.165, 1.54) is 4.88 Å². The van der Waals surface area contributed by atoms with Gasteiger partial charge in [-0.2, -0.15) is 0 Å². The lowest BCUT2D eigenvalue weighted by molar-refractivity contribution is -0.122. The fraction of sp³-hybridized carbons (Fsp3) is 0.353. The average Bonchev–Trinajstić information content (AvgIpc) is 2.96. The Morgan fingerprint density at radius 1 is 1.29 bits per heavy atom. The van der Waals surface area contributed by atoms with Crippen molar-refractivity contribution in [2.24, 2.45) is 5.92 Å². The number of thiophene rings is 1. The third-order valence-electron chi connectivity index (χ3n) is 3.42. The lowest BCUT2D eigenvalue weighted by Gasteiger charge is -2.21. The molecule has 1 heterocycles. The Morgan fingerprint density at radius 3 is 2.71 bits per heavy atom. The van der Waals surface area contributed by atoms with Crippen LogP contribution >= 0.6 is 11.3 Å². The Labute approximate surface area is 130 Å². The number of carbonyl (C=O) groups is 1. The lowest BCUT2D eigenvalue weighted by atomic mass is 10.0. The van der Waals surface area contributed by atoms with Crippen molar-refractivity contribution in [3.8, 4) is 0 Å². The second kappa shape index (κ2) is 7.27. The van der Waals surface area contributed by atoms with E-state index in [-0.39, 0.29) is 11.9 Å². The summed E-state index contributed by atoms with van der Waals surface area (Å²) in [6.45, 7) is 4.26. The number of benzene rings is 1. The summed E-state index contributed by atoms with van der Waals surface area (Å²) in [4.78, 5) is 13.4. The van der Waals surface area contributed by atoms with Crippen molar-refractivity contribution in [1.29, 1.82) is 0 Å². The molecule has 0 aliphatic carbocycles. The molecule has 1 aromatic heterocycles. The highest BCUT2D eigenvalue weighted by Gasteiger charge is 2.18. The molecule has 0 bridgehead atoms. The Kier molecular flexibility index (Phi) is 5.39. The fourth-order valence-electron chi connectivity index (χ4n) is 2.29. The van der Waals surface area contributed by atoms with Crippen molar-refractivity contribution in [2.45, 2.75) is 32.7 Å². The monoisotopic (exact) mass is 302 g/mol. The van der Waals surface area contributed by atoms with Gasteiger partial charge in [0.2, 0.25) is 5.91 Å². The van der Waals surface area contributed by atoms with Gasteiger partial charge in [0.25, 0.3) is 0 Å². The van der Waals surface area contributed by atoms with Gasteiger partial charge >= 0.3 is 0 Å². The van der Waals surface area contributed by atoms with Crippen molar-refractivity contribution < 1.29 is 4.79 Å². The third kappa shape index (κ3) is 4.60. The molecule has 0 aliphatic rings. The Morgan fingerprint density at radius 2 is 2.10 bits per heavy atom. The van der Waals surface area contributed by atoms with E-state index in [0.29, 0.717) is 18.8 Å². The van der Waals surface area contributed by atoms with E-state index in [2.05, 4.69) is 25.2 Å². The summed E-state index contributed by atoms with van der Waals surface area (Å²) in [6, 6.07) is 11.9. The second-order valence-corrected chi connectivity index (χ2v) is 6.53. The Hall–Kier alpha value is -1.81. The maximum atomic E-state index is 12.2. The second-order valence-electron chi connectivity index (χ2n) is 5.55. The predicted molar refractivity (Wildman–Crippen MR) is 89.2 cm³/mol. The standard InChI is InChI=1S/C17H22N2OS/c1-12(2)17(15-7-4-10-21-15)19-16(20)9-8-13-5-3-6-14(18)11-13/h3-7,10-12,17H,8-9,18H2,1-2H3,(H,19,20). The first kappa shape index (κ1) is 15.6. The van der Waals surface area contributed by atoms with Crippen LogP contribution in [0.5, 0.6) is 0 Å². The molecular weight excluding hydrogens is 280 g/mol. The molecule has 0 fully saturated rings. The number of hydrogen-bond acceptors (Lipinski definition) is 3. The van der Waals surface area contributed by atoms with Crippen LogP contribution in [0.4, 0.5) is 5.69 Å². The van der Waals surface area contributed by atoms with E-state index in [1.807, 2.05) is 35.7 Å². The summed E-state index contributed by atoms with van der Waals surface area (Å²) in [5.74, 6) is 0.462. The SMILES string of the molecule is CC(C)C(NC(=O)CCc1cccc(N)c1)c1cccs1. The first-order chi connectivity index (χ1) is 10.1. The van der Waals surface area contributed by atoms with Gasteiger partial charge in [0.1, 0.15) is 0 Å². The van der Waals surface area contributed by atoms with Gasteiger partial charge in [-0.15, -0.1) is 11.3 Å². The third-order valence-corrected chi connectivity index (χ3v) is 4.38. The summed E-state index contributed by atoms with van der Waals surface area (Å²) in [6.07, 6.45) is 1.20. The summed E-state index contributed by atoms with van der Waals surface area (Å²) >= 11 is 1.69. The van der Waals surface area contributed by atoms with Crippen molar-refractivity contribution >= 4 is 22.9 Å². The molecule has 2 aromatic rings. The zero-order chi connectivity index (χ0) is 15.2. The molecule has 4 heteroatoms. The van der Waals surface area contributed by atoms with E-state index < -0.39 is 0 Å². The van der Waals surface area contributed by atoms with Gasteiger partial charge in [-0.3, -0.25) is 4.79 Å². The Balaban J connectivity index is 1.91. The minimum Gasteiger partial charge on any atom is -0.399 e. The molecule has 21 heavy (non-hydrogen) atoms. The smallest absolute Gasteiger partial charge is 0.220 e. The van der Waals surface area contributed by atoms with Crippen LogP contribution in [0.25, 0.3) is 0 Å². The first-order valence-electron chi connectivity index (χ1n) is 7.23. The number of hydrogen-bond donors (Lipinski definition) is 2. The highest BCUT2D eigenvalue weighted by molar-refractivity contribution is 7.10. The van der Waals surface area contributed by atoms with Gasteiger partial charge in [0.05, 0.1) is 6.04 Å². The van der Waals surface area contributed by atoms with E-state index in [1.54, 1.807) is 11.3 Å². The quantitative estimate of drug-likeness (QED) is 0.798. The van der Waals surface area contributed by atoms with Crippen LogP contribution in [0.1, 0.15) is 36.8 Å². The van der Waals surface area contributed by atoms with E-state index in [0.717, 1.165) is 11.3 Å². The van der Waals surface area contributed by atoms with Crippen LogP contribution in [-0.2, 0) is 11.2 Å². The summed E-state index contributed by atoms with van der Waals surface area (Å²) in [7, 11) is 0. The summed E-state index contributed by atoms with van der Waals surface area (Å²) < 4.78 is 0. The fourth-order valence-corrected chi connectivity index (χ4v) is 3.24. The van der Waals surface area contributed by atoms with Crippen molar-refractivity contribution in [2.75, 3.05) is 5.73 Å². The van der Waals surface area contributed by atoms with Crippen molar-refractivity contribution in [1.82, 2.24) is 5.32 Å². The molecule has 0 aliphatic heterocycles. The van der Waals surface area contributed by atoms with Gasteiger partial charge in [-0.05, 0) is 41.5 Å². The van der Waals surface area contributed by atoms with Gasteiger partial charge in [0.15, 0.2) is 0 Å². The average molecular weight is 302 g/mol. The maximum Gasteiger partial charge on any atom is 0.220 e. The molecular formula is C17H22N2OS. The van der Waals surface area contributed by atoms with Gasteiger partial charge in [-0.25, -0.2) is 0 Å². The number of nitrogen functional groups attached to an aromatic ring is 1. The maximum absolute atomic E-state index is 12.2. The largest absolute Gasteiger partial charge is 0.399 e. The number of amides is 1. The molecule has 1 atom stereocenters. The normalized spacial score (nSPS) is 12.3. The number of carbonyl (C=O) groups excluding carboxylic acids is 1. The van der Waals surface area contributed by atoms with Crippen LogP contribution in [-0.4, -0.2) is 5.91 Å². The number of aryl methyl sites for hydroxylation is 1. The molecule has 0 saturated carbocycles. The minimum atomic E-state index is 0.0875. The minimum absolute atomic E-state index is 0.0875. The van der Waals surface area contributed by atoms with Gasteiger partial charge in [0, 0.05) is 17.0 Å². The molecule has 1 aromatic carbocycles. The molecule has 0 radical (unpaired) electrons.